The van der Waals surface area contributed by atoms with Gasteiger partial charge in [0.15, 0.2) is 12.0 Å². The van der Waals surface area contributed by atoms with E-state index in [4.69, 9.17) is 9.15 Å². The second-order valence-electron chi connectivity index (χ2n) is 4.93. The maximum atomic E-state index is 12.0. The summed E-state index contributed by atoms with van der Waals surface area (Å²) >= 11 is 0. The van der Waals surface area contributed by atoms with E-state index in [2.05, 4.69) is 10.3 Å². The van der Waals surface area contributed by atoms with Crippen LogP contribution in [-0.2, 0) is 11.2 Å². The van der Waals surface area contributed by atoms with Gasteiger partial charge in [-0.1, -0.05) is 12.1 Å². The molecule has 0 spiro atoms. The van der Waals surface area contributed by atoms with E-state index in [9.17, 15) is 4.79 Å². The summed E-state index contributed by atoms with van der Waals surface area (Å²) in [4.78, 5) is 16.1. The van der Waals surface area contributed by atoms with Crippen LogP contribution < -0.4 is 10.1 Å². The molecular weight excluding hydrogens is 280 g/mol. The second kappa shape index (κ2) is 6.30. The lowest BCUT2D eigenvalue weighted by atomic mass is 10.1. The summed E-state index contributed by atoms with van der Waals surface area (Å²) in [6.45, 7) is 0. The van der Waals surface area contributed by atoms with Gasteiger partial charge in [-0.05, 0) is 42.3 Å². The molecule has 5 nitrogen and oxygen atoms in total. The van der Waals surface area contributed by atoms with Crippen molar-refractivity contribution in [3.8, 4) is 5.75 Å². The number of oxazole rings is 1. The van der Waals surface area contributed by atoms with E-state index in [0.717, 1.165) is 22.5 Å². The number of rotatable bonds is 5. The molecule has 0 unspecified atom stereocenters. The second-order valence-corrected chi connectivity index (χ2v) is 4.93. The van der Waals surface area contributed by atoms with Gasteiger partial charge in [-0.15, -0.1) is 0 Å². The van der Waals surface area contributed by atoms with Crippen LogP contribution in [-0.4, -0.2) is 18.0 Å². The van der Waals surface area contributed by atoms with Crippen LogP contribution in [0.2, 0.25) is 0 Å². The highest BCUT2D eigenvalue weighted by atomic mass is 16.5. The van der Waals surface area contributed by atoms with Gasteiger partial charge in [-0.2, -0.15) is 0 Å². The van der Waals surface area contributed by atoms with Crippen molar-refractivity contribution in [3.63, 3.8) is 0 Å². The zero-order valence-electron chi connectivity index (χ0n) is 12.2. The Morgan fingerprint density at radius 1 is 1.27 bits per heavy atom. The highest BCUT2D eigenvalue weighted by Crippen LogP contribution is 2.18. The van der Waals surface area contributed by atoms with Crippen LogP contribution in [0.3, 0.4) is 0 Å². The number of hydrogen-bond donors (Lipinski definition) is 1. The highest BCUT2D eigenvalue weighted by Gasteiger charge is 2.06. The number of carbonyl (C=O) groups excluding carboxylic acids is 1. The summed E-state index contributed by atoms with van der Waals surface area (Å²) in [6, 6.07) is 13.1. The lowest BCUT2D eigenvalue weighted by molar-refractivity contribution is -0.116. The first-order valence-corrected chi connectivity index (χ1v) is 7.00. The Kier molecular flexibility index (Phi) is 4.05. The monoisotopic (exact) mass is 296 g/mol. The number of aromatic nitrogens is 1. The van der Waals surface area contributed by atoms with Gasteiger partial charge in [0, 0.05) is 12.1 Å². The van der Waals surface area contributed by atoms with Gasteiger partial charge in [0.05, 0.1) is 7.11 Å². The summed E-state index contributed by atoms with van der Waals surface area (Å²) in [7, 11) is 1.63. The molecular formula is C17H16N2O3. The molecule has 112 valence electrons. The van der Waals surface area contributed by atoms with Crippen LogP contribution in [0.4, 0.5) is 5.69 Å². The summed E-state index contributed by atoms with van der Waals surface area (Å²) in [5.41, 5.74) is 3.22. The minimum absolute atomic E-state index is 0.0364. The first-order valence-electron chi connectivity index (χ1n) is 7.00. The van der Waals surface area contributed by atoms with Crippen LogP contribution in [0.1, 0.15) is 12.0 Å². The van der Waals surface area contributed by atoms with Crippen LogP contribution in [0, 0.1) is 0 Å². The Morgan fingerprint density at radius 3 is 3.05 bits per heavy atom. The van der Waals surface area contributed by atoms with E-state index in [0.29, 0.717) is 18.4 Å². The predicted octanol–water partition coefficient (Wildman–Crippen LogP) is 3.41. The number of carbonyl (C=O) groups is 1. The Balaban J connectivity index is 1.59. The Morgan fingerprint density at radius 2 is 2.18 bits per heavy atom. The van der Waals surface area contributed by atoms with E-state index < -0.39 is 0 Å². The van der Waals surface area contributed by atoms with Gasteiger partial charge in [0.1, 0.15) is 11.3 Å². The zero-order valence-corrected chi connectivity index (χ0v) is 12.2. The molecule has 1 heterocycles. The van der Waals surface area contributed by atoms with Gasteiger partial charge >= 0.3 is 0 Å². The number of amides is 1. The fourth-order valence-electron chi connectivity index (χ4n) is 2.24. The largest absolute Gasteiger partial charge is 0.497 e. The molecule has 0 radical (unpaired) electrons. The van der Waals surface area contributed by atoms with Crippen molar-refractivity contribution in [1.82, 2.24) is 4.98 Å². The molecule has 1 aromatic heterocycles. The molecule has 0 aliphatic heterocycles. The number of benzene rings is 2. The molecule has 2 aromatic carbocycles. The fraction of sp³-hybridized carbons (Fsp3) is 0.176. The minimum Gasteiger partial charge on any atom is -0.497 e. The third-order valence-electron chi connectivity index (χ3n) is 3.39. The lowest BCUT2D eigenvalue weighted by Gasteiger charge is -2.06. The standard InChI is InChI=1S/C17H16N2O3/c1-21-14-4-2-3-12(9-14)5-8-17(20)19-13-6-7-16-15(10-13)18-11-22-16/h2-4,6-7,9-11H,5,8H2,1H3,(H,19,20). The Labute approximate surface area is 127 Å². The molecule has 3 aromatic rings. The number of methoxy groups -OCH3 is 1. The van der Waals surface area contributed by atoms with Gasteiger partial charge in [0.25, 0.3) is 0 Å². The average molecular weight is 296 g/mol. The van der Waals surface area contributed by atoms with Crippen molar-refractivity contribution in [2.75, 3.05) is 12.4 Å². The van der Waals surface area contributed by atoms with E-state index in [1.807, 2.05) is 24.3 Å². The molecule has 1 amide bonds. The zero-order chi connectivity index (χ0) is 15.4. The molecule has 3 rings (SSSR count). The molecule has 0 bridgehead atoms. The SMILES string of the molecule is COc1cccc(CCC(=O)Nc2ccc3ocnc3c2)c1. The number of aryl methyl sites for hydroxylation is 1. The van der Waals surface area contributed by atoms with Crippen molar-refractivity contribution in [2.45, 2.75) is 12.8 Å². The Bertz CT molecular complexity index is 795. The third kappa shape index (κ3) is 3.25. The van der Waals surface area contributed by atoms with Crippen molar-refractivity contribution in [3.05, 3.63) is 54.4 Å². The Hall–Kier alpha value is -2.82. The fourth-order valence-corrected chi connectivity index (χ4v) is 2.24. The van der Waals surface area contributed by atoms with E-state index >= 15 is 0 Å². The van der Waals surface area contributed by atoms with Gasteiger partial charge in [0.2, 0.25) is 5.91 Å². The molecule has 5 heteroatoms. The van der Waals surface area contributed by atoms with Gasteiger partial charge in [-0.3, -0.25) is 4.79 Å². The lowest BCUT2D eigenvalue weighted by Crippen LogP contribution is -2.12. The van der Waals surface area contributed by atoms with Crippen LogP contribution in [0.5, 0.6) is 5.75 Å². The smallest absolute Gasteiger partial charge is 0.224 e. The van der Waals surface area contributed by atoms with Crippen molar-refractivity contribution < 1.29 is 13.9 Å². The third-order valence-corrected chi connectivity index (χ3v) is 3.39. The summed E-state index contributed by atoms with van der Waals surface area (Å²) < 4.78 is 10.3. The number of hydrogen-bond acceptors (Lipinski definition) is 4. The number of anilines is 1. The number of ether oxygens (including phenoxy) is 1. The molecule has 0 saturated carbocycles. The molecule has 0 saturated heterocycles. The average Bonchev–Trinajstić information content (AvgIpc) is 3.01. The maximum absolute atomic E-state index is 12.0. The number of fused-ring (bicyclic) bond motifs is 1. The van der Waals surface area contributed by atoms with Crippen LogP contribution in [0.15, 0.2) is 53.3 Å². The van der Waals surface area contributed by atoms with Gasteiger partial charge in [-0.25, -0.2) is 4.98 Å². The molecule has 0 aliphatic carbocycles. The number of nitrogens with zero attached hydrogens (tertiary/aromatic N) is 1. The molecule has 22 heavy (non-hydrogen) atoms. The molecule has 0 aliphatic rings. The predicted molar refractivity (Wildman–Crippen MR) is 84.0 cm³/mol. The van der Waals surface area contributed by atoms with Crippen LogP contribution >= 0.6 is 0 Å². The highest BCUT2D eigenvalue weighted by molar-refractivity contribution is 5.92. The first kappa shape index (κ1) is 14.1. The van der Waals surface area contributed by atoms with E-state index in [1.165, 1.54) is 6.39 Å². The van der Waals surface area contributed by atoms with Crippen molar-refractivity contribution in [1.29, 1.82) is 0 Å². The van der Waals surface area contributed by atoms with Crippen molar-refractivity contribution in [2.24, 2.45) is 0 Å². The minimum atomic E-state index is -0.0364. The maximum Gasteiger partial charge on any atom is 0.224 e. The summed E-state index contributed by atoms with van der Waals surface area (Å²) in [5, 5.41) is 2.87. The van der Waals surface area contributed by atoms with E-state index in [-0.39, 0.29) is 5.91 Å². The first-order chi connectivity index (χ1) is 10.7. The molecule has 0 atom stereocenters. The van der Waals surface area contributed by atoms with E-state index in [1.54, 1.807) is 25.3 Å². The van der Waals surface area contributed by atoms with Crippen LogP contribution in [0.25, 0.3) is 11.1 Å². The summed E-state index contributed by atoms with van der Waals surface area (Å²) in [5.74, 6) is 0.764. The van der Waals surface area contributed by atoms with Gasteiger partial charge < -0.3 is 14.5 Å². The molecule has 1 N–H and O–H groups in total. The molecule has 0 fully saturated rings. The quantitative estimate of drug-likeness (QED) is 0.783. The van der Waals surface area contributed by atoms with Crippen molar-refractivity contribution >= 4 is 22.7 Å². The normalized spacial score (nSPS) is 10.6. The summed E-state index contributed by atoms with van der Waals surface area (Å²) in [6.07, 6.45) is 2.46. The topological polar surface area (TPSA) is 64.4 Å². The number of nitrogens with one attached hydrogen (secondary N) is 1.